The van der Waals surface area contributed by atoms with Gasteiger partial charge in [0.05, 0.1) is 16.8 Å². The first-order chi connectivity index (χ1) is 25.8. The second kappa shape index (κ2) is 12.3. The molecule has 0 atom stereocenters. The zero-order valence-electron chi connectivity index (χ0n) is 28.7. The van der Waals surface area contributed by atoms with Crippen LogP contribution in [0.1, 0.15) is 22.3 Å². The highest BCUT2D eigenvalue weighted by Crippen LogP contribution is 2.56. The number of rotatable bonds is 6. The first kappa shape index (κ1) is 30.2. The molecule has 9 aromatic carbocycles. The molecule has 0 saturated heterocycles. The van der Waals surface area contributed by atoms with Crippen LogP contribution in [0.4, 0.5) is 17.1 Å². The number of anilines is 3. The molecule has 0 aliphatic heterocycles. The van der Waals surface area contributed by atoms with Crippen molar-refractivity contribution in [2.24, 2.45) is 0 Å². The Bertz CT molecular complexity index is 2680. The summed E-state index contributed by atoms with van der Waals surface area (Å²) in [5, 5.41) is 4.94. The summed E-state index contributed by atoms with van der Waals surface area (Å²) < 4.78 is 0. The molecule has 0 N–H and O–H groups in total. The van der Waals surface area contributed by atoms with Crippen molar-refractivity contribution >= 4 is 38.6 Å². The Hall–Kier alpha value is -6.70. The van der Waals surface area contributed by atoms with E-state index in [1.165, 1.54) is 66.1 Å². The maximum absolute atomic E-state index is 2.46. The van der Waals surface area contributed by atoms with E-state index in [0.29, 0.717) is 0 Å². The van der Waals surface area contributed by atoms with Crippen molar-refractivity contribution in [3.63, 3.8) is 0 Å². The average Bonchev–Trinajstić information content (AvgIpc) is 3.53. The molecule has 1 aliphatic carbocycles. The lowest BCUT2D eigenvalue weighted by Gasteiger charge is -2.35. The molecule has 1 heteroatoms. The van der Waals surface area contributed by atoms with Gasteiger partial charge in [-0.2, -0.15) is 0 Å². The van der Waals surface area contributed by atoms with E-state index in [9.17, 15) is 0 Å². The van der Waals surface area contributed by atoms with Gasteiger partial charge in [0.25, 0.3) is 0 Å². The van der Waals surface area contributed by atoms with E-state index in [1.807, 2.05) is 0 Å². The number of hydrogen-bond acceptors (Lipinski definition) is 1. The second-order valence-electron chi connectivity index (χ2n) is 13.6. The van der Waals surface area contributed by atoms with Gasteiger partial charge in [0, 0.05) is 16.6 Å². The van der Waals surface area contributed by atoms with Crippen molar-refractivity contribution in [2.75, 3.05) is 4.90 Å². The maximum Gasteiger partial charge on any atom is 0.0713 e. The van der Waals surface area contributed by atoms with E-state index < -0.39 is 5.41 Å². The summed E-state index contributed by atoms with van der Waals surface area (Å²) in [6.07, 6.45) is 0. The van der Waals surface area contributed by atoms with Crippen LogP contribution in [0.2, 0.25) is 0 Å². The number of nitrogens with zero attached hydrogens (tertiary/aromatic N) is 1. The quantitative estimate of drug-likeness (QED) is 0.160. The van der Waals surface area contributed by atoms with E-state index in [2.05, 4.69) is 217 Å². The molecule has 1 nitrogen and oxygen atoms in total. The van der Waals surface area contributed by atoms with Crippen LogP contribution in [-0.2, 0) is 5.41 Å². The van der Waals surface area contributed by atoms with Crippen LogP contribution in [0.3, 0.4) is 0 Å². The van der Waals surface area contributed by atoms with Crippen LogP contribution in [0.5, 0.6) is 0 Å². The van der Waals surface area contributed by atoms with Crippen LogP contribution in [-0.4, -0.2) is 0 Å². The van der Waals surface area contributed by atoms with Gasteiger partial charge in [-0.15, -0.1) is 0 Å². The molecule has 52 heavy (non-hydrogen) atoms. The molecule has 0 unspecified atom stereocenters. The molecule has 0 amide bonds. The van der Waals surface area contributed by atoms with Gasteiger partial charge in [-0.05, 0) is 79.4 Å². The van der Waals surface area contributed by atoms with Crippen molar-refractivity contribution < 1.29 is 0 Å². The Balaban J connectivity index is 1.24. The fourth-order valence-corrected chi connectivity index (χ4v) is 8.73. The average molecular weight is 662 g/mol. The van der Waals surface area contributed by atoms with E-state index in [4.69, 9.17) is 0 Å². The van der Waals surface area contributed by atoms with Crippen molar-refractivity contribution in [1.82, 2.24) is 0 Å². The molecular weight excluding hydrogens is 627 g/mol. The van der Waals surface area contributed by atoms with Gasteiger partial charge < -0.3 is 4.90 Å². The Morgan fingerprint density at radius 2 is 0.827 bits per heavy atom. The van der Waals surface area contributed by atoms with Crippen LogP contribution in [0.25, 0.3) is 43.8 Å². The molecular formula is C51H35N. The molecule has 0 radical (unpaired) electrons. The van der Waals surface area contributed by atoms with Crippen molar-refractivity contribution in [1.29, 1.82) is 0 Å². The zero-order chi connectivity index (χ0) is 34.5. The molecule has 0 saturated carbocycles. The topological polar surface area (TPSA) is 3.24 Å². The lowest BCUT2D eigenvalue weighted by atomic mass is 9.68. The number of fused-ring (bicyclic) bond motifs is 6. The molecule has 9 aromatic rings. The zero-order valence-corrected chi connectivity index (χ0v) is 28.7. The van der Waals surface area contributed by atoms with Crippen LogP contribution < -0.4 is 4.90 Å². The Labute approximate surface area is 304 Å². The second-order valence-corrected chi connectivity index (χ2v) is 13.6. The summed E-state index contributed by atoms with van der Waals surface area (Å²) in [6.45, 7) is 0. The standard InChI is InChI=1S/C51H35N/c1-3-17-36(18-4-1)42-23-13-16-30-49(42)52(50-35-37-19-7-8-22-41(37)43-24-9-10-27-46(43)50)40-33-31-39(32-34-40)51(38-20-5-2-6-21-38)47-28-14-11-25-44(47)45-26-12-15-29-48(45)51/h1-35H. The number of hydrogen-bond donors (Lipinski definition) is 0. The molecule has 10 rings (SSSR count). The first-order valence-electron chi connectivity index (χ1n) is 18.0. The van der Waals surface area contributed by atoms with E-state index in [0.717, 1.165) is 17.1 Å². The molecule has 0 heterocycles. The van der Waals surface area contributed by atoms with Gasteiger partial charge in [-0.1, -0.05) is 188 Å². The predicted octanol–water partition coefficient (Wildman–Crippen LogP) is 13.5. The van der Waals surface area contributed by atoms with Gasteiger partial charge in [-0.3, -0.25) is 0 Å². The Kier molecular flexibility index (Phi) is 7.11. The summed E-state index contributed by atoms with van der Waals surface area (Å²) in [5.74, 6) is 0. The normalized spacial score (nSPS) is 12.8. The molecule has 0 spiro atoms. The van der Waals surface area contributed by atoms with Crippen LogP contribution in [0.15, 0.2) is 212 Å². The monoisotopic (exact) mass is 661 g/mol. The van der Waals surface area contributed by atoms with Crippen LogP contribution in [0, 0.1) is 0 Å². The minimum atomic E-state index is -0.449. The van der Waals surface area contributed by atoms with E-state index in [1.54, 1.807) is 0 Å². The number of para-hydroxylation sites is 1. The largest absolute Gasteiger partial charge is 0.309 e. The smallest absolute Gasteiger partial charge is 0.0713 e. The van der Waals surface area contributed by atoms with Crippen molar-refractivity contribution in [2.45, 2.75) is 5.41 Å². The highest BCUT2D eigenvalue weighted by Gasteiger charge is 2.45. The molecule has 244 valence electrons. The summed E-state index contributed by atoms with van der Waals surface area (Å²) in [4.78, 5) is 2.46. The van der Waals surface area contributed by atoms with Gasteiger partial charge in [0.1, 0.15) is 0 Å². The highest BCUT2D eigenvalue weighted by atomic mass is 15.1. The van der Waals surface area contributed by atoms with Gasteiger partial charge in [-0.25, -0.2) is 0 Å². The van der Waals surface area contributed by atoms with Crippen molar-refractivity contribution in [3.8, 4) is 22.3 Å². The Morgan fingerprint density at radius 3 is 1.52 bits per heavy atom. The number of benzene rings is 9. The maximum atomic E-state index is 2.46. The summed E-state index contributed by atoms with van der Waals surface area (Å²) in [5.41, 5.74) is 13.1. The molecule has 0 aromatic heterocycles. The third-order valence-corrected chi connectivity index (χ3v) is 10.9. The lowest BCUT2D eigenvalue weighted by molar-refractivity contribution is 0.768. The third-order valence-electron chi connectivity index (χ3n) is 10.9. The fourth-order valence-electron chi connectivity index (χ4n) is 8.73. The molecule has 0 bridgehead atoms. The van der Waals surface area contributed by atoms with Crippen LogP contribution >= 0.6 is 0 Å². The van der Waals surface area contributed by atoms with Crippen molar-refractivity contribution in [3.05, 3.63) is 235 Å². The summed E-state index contributed by atoms with van der Waals surface area (Å²) in [6, 6.07) is 77.8. The van der Waals surface area contributed by atoms with E-state index in [-0.39, 0.29) is 0 Å². The molecule has 0 fully saturated rings. The van der Waals surface area contributed by atoms with Gasteiger partial charge >= 0.3 is 0 Å². The third kappa shape index (κ3) is 4.56. The molecule has 1 aliphatic rings. The fraction of sp³-hybridized carbons (Fsp3) is 0.0196. The minimum Gasteiger partial charge on any atom is -0.309 e. The SMILES string of the molecule is c1ccc(-c2ccccc2N(c2ccc(C3(c4ccccc4)c4ccccc4-c4ccccc43)cc2)c2cc3ccccc3c3ccccc23)cc1. The summed E-state index contributed by atoms with van der Waals surface area (Å²) >= 11 is 0. The lowest BCUT2D eigenvalue weighted by Crippen LogP contribution is -2.28. The summed E-state index contributed by atoms with van der Waals surface area (Å²) in [7, 11) is 0. The first-order valence-corrected chi connectivity index (χ1v) is 18.0. The van der Waals surface area contributed by atoms with E-state index >= 15 is 0 Å². The van der Waals surface area contributed by atoms with Gasteiger partial charge in [0.15, 0.2) is 0 Å². The van der Waals surface area contributed by atoms with Gasteiger partial charge in [0.2, 0.25) is 0 Å². The highest BCUT2D eigenvalue weighted by molar-refractivity contribution is 6.15. The Morgan fingerprint density at radius 1 is 0.327 bits per heavy atom. The predicted molar refractivity (Wildman–Crippen MR) is 219 cm³/mol. The minimum absolute atomic E-state index is 0.449.